The number of hydrogen-bond donors (Lipinski definition) is 1. The van der Waals surface area contributed by atoms with Gasteiger partial charge in [-0.1, -0.05) is 15.9 Å². The largest absolute Gasteiger partial charge is 0.344 e. The highest BCUT2D eigenvalue weighted by Crippen LogP contribution is 2.24. The van der Waals surface area contributed by atoms with Crippen LogP contribution in [0.5, 0.6) is 0 Å². The summed E-state index contributed by atoms with van der Waals surface area (Å²) in [4.78, 5) is 2.33. The standard InChI is InChI=1S/C14H19BrN2S/c1-10-4-3-5-11(2)17(10)14(18)16-13-8-6-12(15)7-9-13/h6-11H,3-5H2,1-2H3,(H,16,18)/t10-,11-/m1/s1. The van der Waals surface area contributed by atoms with E-state index in [4.69, 9.17) is 12.2 Å². The third-order valence-electron chi connectivity index (χ3n) is 3.52. The molecule has 4 heteroatoms. The van der Waals surface area contributed by atoms with E-state index in [2.05, 4.69) is 40.0 Å². The summed E-state index contributed by atoms with van der Waals surface area (Å²) < 4.78 is 1.08. The number of hydrogen-bond acceptors (Lipinski definition) is 1. The maximum atomic E-state index is 5.55. The van der Waals surface area contributed by atoms with Gasteiger partial charge in [0.05, 0.1) is 0 Å². The van der Waals surface area contributed by atoms with Gasteiger partial charge in [-0.15, -0.1) is 0 Å². The fourth-order valence-electron chi connectivity index (χ4n) is 2.54. The van der Waals surface area contributed by atoms with Gasteiger partial charge >= 0.3 is 0 Å². The number of piperidine rings is 1. The van der Waals surface area contributed by atoms with Gasteiger partial charge in [0.2, 0.25) is 0 Å². The van der Waals surface area contributed by atoms with Crippen molar-refractivity contribution in [1.82, 2.24) is 4.90 Å². The van der Waals surface area contributed by atoms with Crippen molar-refractivity contribution in [1.29, 1.82) is 0 Å². The van der Waals surface area contributed by atoms with E-state index in [0.29, 0.717) is 12.1 Å². The number of nitrogens with one attached hydrogen (secondary N) is 1. The SMILES string of the molecule is C[C@@H]1CCC[C@@H](C)N1C(=S)Nc1ccc(Br)cc1. The lowest BCUT2D eigenvalue weighted by Gasteiger charge is -2.40. The van der Waals surface area contributed by atoms with Crippen LogP contribution in [0.25, 0.3) is 0 Å². The number of halogens is 1. The number of rotatable bonds is 1. The number of nitrogens with zero attached hydrogens (tertiary/aromatic N) is 1. The predicted molar refractivity (Wildman–Crippen MR) is 85.0 cm³/mol. The van der Waals surface area contributed by atoms with Crippen LogP contribution in [0.1, 0.15) is 33.1 Å². The summed E-state index contributed by atoms with van der Waals surface area (Å²) in [5, 5.41) is 4.18. The zero-order chi connectivity index (χ0) is 13.1. The number of likely N-dealkylation sites (tertiary alicyclic amines) is 1. The Bertz CT molecular complexity index is 408. The molecule has 18 heavy (non-hydrogen) atoms. The van der Waals surface area contributed by atoms with Gasteiger partial charge in [-0.25, -0.2) is 0 Å². The Hall–Kier alpha value is -0.610. The van der Waals surface area contributed by atoms with Crippen LogP contribution in [0.4, 0.5) is 5.69 Å². The third kappa shape index (κ3) is 3.23. The average Bonchev–Trinajstić information content (AvgIpc) is 2.32. The summed E-state index contributed by atoms with van der Waals surface area (Å²) in [6.45, 7) is 4.51. The van der Waals surface area contributed by atoms with Crippen molar-refractivity contribution in [3.8, 4) is 0 Å². The lowest BCUT2D eigenvalue weighted by atomic mass is 9.98. The maximum Gasteiger partial charge on any atom is 0.173 e. The van der Waals surface area contributed by atoms with Gasteiger partial charge < -0.3 is 10.2 Å². The average molecular weight is 327 g/mol. The molecular formula is C14H19BrN2S. The highest BCUT2D eigenvalue weighted by Gasteiger charge is 2.26. The van der Waals surface area contributed by atoms with E-state index in [1.165, 1.54) is 19.3 Å². The lowest BCUT2D eigenvalue weighted by molar-refractivity contribution is 0.194. The molecule has 1 heterocycles. The summed E-state index contributed by atoms with van der Waals surface area (Å²) in [6, 6.07) is 9.18. The van der Waals surface area contributed by atoms with E-state index < -0.39 is 0 Å². The van der Waals surface area contributed by atoms with Crippen molar-refractivity contribution in [3.63, 3.8) is 0 Å². The van der Waals surface area contributed by atoms with Gasteiger partial charge in [0, 0.05) is 22.2 Å². The first-order chi connectivity index (χ1) is 8.58. The van der Waals surface area contributed by atoms with Gasteiger partial charge in [-0.2, -0.15) is 0 Å². The number of benzene rings is 1. The number of anilines is 1. The van der Waals surface area contributed by atoms with Crippen LogP contribution in [-0.2, 0) is 0 Å². The normalized spacial score (nSPS) is 23.8. The minimum absolute atomic E-state index is 0.532. The van der Waals surface area contributed by atoms with Gasteiger partial charge in [0.1, 0.15) is 0 Å². The van der Waals surface area contributed by atoms with Crippen LogP contribution in [0.15, 0.2) is 28.7 Å². The Morgan fingerprint density at radius 3 is 2.33 bits per heavy atom. The first kappa shape index (κ1) is 13.8. The molecule has 1 aliphatic rings. The molecule has 1 fully saturated rings. The van der Waals surface area contributed by atoms with Crippen LogP contribution in [-0.4, -0.2) is 22.1 Å². The second-order valence-electron chi connectivity index (χ2n) is 4.97. The van der Waals surface area contributed by atoms with E-state index in [1.54, 1.807) is 0 Å². The minimum Gasteiger partial charge on any atom is -0.344 e. The van der Waals surface area contributed by atoms with E-state index in [0.717, 1.165) is 15.3 Å². The molecular weight excluding hydrogens is 308 g/mol. The van der Waals surface area contributed by atoms with E-state index >= 15 is 0 Å². The van der Waals surface area contributed by atoms with E-state index in [9.17, 15) is 0 Å². The molecule has 0 saturated carbocycles. The predicted octanol–water partition coefficient (Wildman–Crippen LogP) is 4.41. The smallest absolute Gasteiger partial charge is 0.173 e. The van der Waals surface area contributed by atoms with Crippen molar-refractivity contribution >= 4 is 38.9 Å². The molecule has 0 aliphatic carbocycles. The Balaban J connectivity index is 2.04. The van der Waals surface area contributed by atoms with Gasteiger partial charge in [0.25, 0.3) is 0 Å². The van der Waals surface area contributed by atoms with Crippen molar-refractivity contribution in [2.45, 2.75) is 45.2 Å². The second kappa shape index (κ2) is 6.02. The minimum atomic E-state index is 0.532. The summed E-state index contributed by atoms with van der Waals surface area (Å²) in [5.74, 6) is 0. The summed E-state index contributed by atoms with van der Waals surface area (Å²) in [6.07, 6.45) is 3.76. The van der Waals surface area contributed by atoms with Crippen LogP contribution >= 0.6 is 28.1 Å². The van der Waals surface area contributed by atoms with E-state index in [-0.39, 0.29) is 0 Å². The molecule has 98 valence electrons. The van der Waals surface area contributed by atoms with Crippen LogP contribution in [0, 0.1) is 0 Å². The fourth-order valence-corrected chi connectivity index (χ4v) is 3.28. The highest BCUT2D eigenvalue weighted by atomic mass is 79.9. The molecule has 0 spiro atoms. The fraction of sp³-hybridized carbons (Fsp3) is 0.500. The molecule has 2 rings (SSSR count). The van der Waals surface area contributed by atoms with Gasteiger partial charge in [0.15, 0.2) is 5.11 Å². The Kier molecular flexibility index (Phi) is 4.62. The molecule has 0 bridgehead atoms. The first-order valence-corrected chi connectivity index (χ1v) is 7.63. The lowest BCUT2D eigenvalue weighted by Crippen LogP contribution is -2.49. The molecule has 0 unspecified atom stereocenters. The maximum absolute atomic E-state index is 5.55. The molecule has 2 nitrogen and oxygen atoms in total. The summed E-state index contributed by atoms with van der Waals surface area (Å²) in [7, 11) is 0. The van der Waals surface area contributed by atoms with Crippen LogP contribution in [0.3, 0.4) is 0 Å². The molecule has 1 aliphatic heterocycles. The third-order valence-corrected chi connectivity index (χ3v) is 4.37. The Morgan fingerprint density at radius 1 is 1.22 bits per heavy atom. The van der Waals surface area contributed by atoms with Crippen molar-refractivity contribution in [2.75, 3.05) is 5.32 Å². The molecule has 1 saturated heterocycles. The quantitative estimate of drug-likeness (QED) is 0.769. The highest BCUT2D eigenvalue weighted by molar-refractivity contribution is 9.10. The second-order valence-corrected chi connectivity index (χ2v) is 6.28. The van der Waals surface area contributed by atoms with Crippen LogP contribution < -0.4 is 5.32 Å². The number of thiocarbonyl (C=S) groups is 1. The topological polar surface area (TPSA) is 15.3 Å². The molecule has 2 atom stereocenters. The monoisotopic (exact) mass is 326 g/mol. The zero-order valence-electron chi connectivity index (χ0n) is 10.8. The Morgan fingerprint density at radius 2 is 1.78 bits per heavy atom. The summed E-state index contributed by atoms with van der Waals surface area (Å²) in [5.41, 5.74) is 1.05. The van der Waals surface area contributed by atoms with Crippen molar-refractivity contribution in [2.24, 2.45) is 0 Å². The van der Waals surface area contributed by atoms with Crippen molar-refractivity contribution < 1.29 is 0 Å². The molecule has 1 aromatic carbocycles. The summed E-state index contributed by atoms with van der Waals surface area (Å²) >= 11 is 8.98. The molecule has 1 N–H and O–H groups in total. The molecule has 0 aromatic heterocycles. The van der Waals surface area contributed by atoms with Crippen molar-refractivity contribution in [3.05, 3.63) is 28.7 Å². The van der Waals surface area contributed by atoms with Gasteiger partial charge in [-0.3, -0.25) is 0 Å². The molecule has 0 radical (unpaired) electrons. The molecule has 1 aromatic rings. The van der Waals surface area contributed by atoms with Gasteiger partial charge in [-0.05, 0) is 69.6 Å². The Labute approximate surface area is 123 Å². The van der Waals surface area contributed by atoms with E-state index in [1.807, 2.05) is 24.3 Å². The molecule has 0 amide bonds. The first-order valence-electron chi connectivity index (χ1n) is 6.43. The zero-order valence-corrected chi connectivity index (χ0v) is 13.2. The van der Waals surface area contributed by atoms with Crippen LogP contribution in [0.2, 0.25) is 0 Å².